The predicted octanol–water partition coefficient (Wildman–Crippen LogP) is 4.71. The molecule has 2 nitrogen and oxygen atoms in total. The van der Waals surface area contributed by atoms with Crippen LogP contribution in [0.5, 0.6) is 0 Å². The first kappa shape index (κ1) is 16.1. The molecule has 6 heteroatoms. The molecule has 1 saturated carbocycles. The quantitative estimate of drug-likeness (QED) is 0.772. The molecule has 1 aliphatic carbocycles. The maximum atomic E-state index is 12.7. The number of hydrogen-bond donors (Lipinski definition) is 2. The summed E-state index contributed by atoms with van der Waals surface area (Å²) in [6, 6.07) is 5.06. The standard InChI is InChI=1S/C15H19F3N2S/c1-14(8-3-2-4-9-14)20-13(21)19-12-7-5-6-11(10-12)15(16,17)18/h5-7,10H,2-4,8-9H2,1H3,(H2,19,20,21). The SMILES string of the molecule is CC1(NC(=S)Nc2cccc(C(F)(F)F)c2)CCCCC1. The van der Waals surface area contributed by atoms with E-state index in [1.165, 1.54) is 12.5 Å². The molecule has 0 spiro atoms. The third-order valence-electron chi connectivity index (χ3n) is 3.82. The number of nitrogens with one attached hydrogen (secondary N) is 2. The predicted molar refractivity (Wildman–Crippen MR) is 82.3 cm³/mol. The van der Waals surface area contributed by atoms with Gasteiger partial charge in [-0.1, -0.05) is 25.3 Å². The lowest BCUT2D eigenvalue weighted by Crippen LogP contribution is -2.48. The van der Waals surface area contributed by atoms with Crippen LogP contribution in [0.25, 0.3) is 0 Å². The number of halogens is 3. The monoisotopic (exact) mass is 316 g/mol. The van der Waals surface area contributed by atoms with Crippen molar-refractivity contribution in [3.05, 3.63) is 29.8 Å². The molecule has 0 bridgehead atoms. The zero-order valence-electron chi connectivity index (χ0n) is 11.9. The van der Waals surface area contributed by atoms with Crippen LogP contribution in [-0.4, -0.2) is 10.7 Å². The Balaban J connectivity index is 1.99. The van der Waals surface area contributed by atoms with Gasteiger partial charge >= 0.3 is 6.18 Å². The summed E-state index contributed by atoms with van der Waals surface area (Å²) in [6.07, 6.45) is 1.23. The lowest BCUT2D eigenvalue weighted by molar-refractivity contribution is -0.137. The molecule has 1 aliphatic rings. The highest BCUT2D eigenvalue weighted by molar-refractivity contribution is 7.80. The normalized spacial score (nSPS) is 18.1. The third kappa shape index (κ3) is 4.59. The van der Waals surface area contributed by atoms with Crippen LogP contribution < -0.4 is 10.6 Å². The summed E-state index contributed by atoms with van der Waals surface area (Å²) >= 11 is 5.22. The molecule has 0 aliphatic heterocycles. The van der Waals surface area contributed by atoms with Crippen molar-refractivity contribution in [1.82, 2.24) is 5.32 Å². The van der Waals surface area contributed by atoms with Gasteiger partial charge in [0.1, 0.15) is 0 Å². The molecule has 0 aromatic heterocycles. The van der Waals surface area contributed by atoms with E-state index in [1.807, 2.05) is 0 Å². The second-order valence-corrected chi connectivity index (χ2v) is 6.19. The Hall–Kier alpha value is -1.30. The van der Waals surface area contributed by atoms with Crippen molar-refractivity contribution in [2.24, 2.45) is 0 Å². The number of hydrogen-bond acceptors (Lipinski definition) is 1. The zero-order valence-corrected chi connectivity index (χ0v) is 12.7. The van der Waals surface area contributed by atoms with Crippen LogP contribution in [0.2, 0.25) is 0 Å². The minimum absolute atomic E-state index is 0.0655. The van der Waals surface area contributed by atoms with Crippen molar-refractivity contribution in [3.8, 4) is 0 Å². The van der Waals surface area contributed by atoms with Gasteiger partial charge in [-0.3, -0.25) is 0 Å². The molecule has 1 aromatic rings. The summed E-state index contributed by atoms with van der Waals surface area (Å²) < 4.78 is 38.0. The van der Waals surface area contributed by atoms with E-state index in [4.69, 9.17) is 12.2 Å². The first-order valence-electron chi connectivity index (χ1n) is 7.05. The molecule has 21 heavy (non-hydrogen) atoms. The molecular formula is C15H19F3N2S. The summed E-state index contributed by atoms with van der Waals surface area (Å²) in [7, 11) is 0. The van der Waals surface area contributed by atoms with E-state index in [-0.39, 0.29) is 5.54 Å². The van der Waals surface area contributed by atoms with E-state index in [9.17, 15) is 13.2 Å². The van der Waals surface area contributed by atoms with Crippen LogP contribution in [0.15, 0.2) is 24.3 Å². The molecule has 0 unspecified atom stereocenters. The number of rotatable bonds is 2. The summed E-state index contributed by atoms with van der Waals surface area (Å²) in [5.41, 5.74) is -0.398. The van der Waals surface area contributed by atoms with Gasteiger partial charge in [0.05, 0.1) is 5.56 Å². The number of anilines is 1. The van der Waals surface area contributed by atoms with Gasteiger partial charge in [-0.15, -0.1) is 0 Å². The second-order valence-electron chi connectivity index (χ2n) is 5.78. The smallest absolute Gasteiger partial charge is 0.357 e. The van der Waals surface area contributed by atoms with Crippen molar-refractivity contribution in [1.29, 1.82) is 0 Å². The fraction of sp³-hybridized carbons (Fsp3) is 0.533. The maximum absolute atomic E-state index is 12.7. The van der Waals surface area contributed by atoms with Gasteiger partial charge in [0.15, 0.2) is 5.11 Å². The Morgan fingerprint density at radius 3 is 2.48 bits per heavy atom. The summed E-state index contributed by atoms with van der Waals surface area (Å²) in [6.45, 7) is 2.10. The molecule has 0 heterocycles. The van der Waals surface area contributed by atoms with Gasteiger partial charge in [-0.2, -0.15) is 13.2 Å². The average Bonchev–Trinajstić information content (AvgIpc) is 2.38. The van der Waals surface area contributed by atoms with Gasteiger partial charge < -0.3 is 10.6 Å². The van der Waals surface area contributed by atoms with Gasteiger partial charge in [0, 0.05) is 11.2 Å². The number of benzene rings is 1. The van der Waals surface area contributed by atoms with Crippen molar-refractivity contribution >= 4 is 23.0 Å². The van der Waals surface area contributed by atoms with Crippen molar-refractivity contribution < 1.29 is 13.2 Å². The Morgan fingerprint density at radius 2 is 1.86 bits per heavy atom. The fourth-order valence-corrected chi connectivity index (χ4v) is 3.03. The summed E-state index contributed by atoms with van der Waals surface area (Å²) in [4.78, 5) is 0. The minimum Gasteiger partial charge on any atom is -0.357 e. The van der Waals surface area contributed by atoms with Crippen LogP contribution in [0, 0.1) is 0 Å². The number of alkyl halides is 3. The fourth-order valence-electron chi connectivity index (χ4n) is 2.67. The van der Waals surface area contributed by atoms with E-state index in [2.05, 4.69) is 17.6 Å². The van der Waals surface area contributed by atoms with Crippen LogP contribution in [0.4, 0.5) is 18.9 Å². The van der Waals surface area contributed by atoms with Gasteiger partial charge in [0.25, 0.3) is 0 Å². The van der Waals surface area contributed by atoms with Crippen LogP contribution in [-0.2, 0) is 6.18 Å². The molecule has 1 fully saturated rings. The van der Waals surface area contributed by atoms with Crippen LogP contribution in [0.3, 0.4) is 0 Å². The third-order valence-corrected chi connectivity index (χ3v) is 4.02. The average molecular weight is 316 g/mol. The molecule has 2 N–H and O–H groups in total. The molecule has 116 valence electrons. The maximum Gasteiger partial charge on any atom is 0.416 e. The molecule has 0 amide bonds. The van der Waals surface area contributed by atoms with E-state index in [0.29, 0.717) is 10.8 Å². The van der Waals surface area contributed by atoms with Crippen molar-refractivity contribution in [3.63, 3.8) is 0 Å². The lowest BCUT2D eigenvalue weighted by atomic mass is 9.83. The molecule has 0 atom stereocenters. The minimum atomic E-state index is -4.35. The lowest BCUT2D eigenvalue weighted by Gasteiger charge is -2.35. The van der Waals surface area contributed by atoms with E-state index in [1.54, 1.807) is 6.07 Å². The zero-order chi connectivity index (χ0) is 15.5. The Kier molecular flexibility index (Phi) is 4.76. The summed E-state index contributed by atoms with van der Waals surface area (Å²) in [5, 5.41) is 6.46. The van der Waals surface area contributed by atoms with Crippen molar-refractivity contribution in [2.45, 2.75) is 50.7 Å². The van der Waals surface area contributed by atoms with Crippen LogP contribution in [0.1, 0.15) is 44.6 Å². The summed E-state index contributed by atoms with van der Waals surface area (Å²) in [5.74, 6) is 0. The van der Waals surface area contributed by atoms with E-state index < -0.39 is 11.7 Å². The van der Waals surface area contributed by atoms with Crippen LogP contribution >= 0.6 is 12.2 Å². The Morgan fingerprint density at radius 1 is 1.19 bits per heavy atom. The van der Waals surface area contributed by atoms with E-state index >= 15 is 0 Å². The second kappa shape index (κ2) is 6.22. The van der Waals surface area contributed by atoms with Crippen molar-refractivity contribution in [2.75, 3.05) is 5.32 Å². The molecule has 1 aromatic carbocycles. The molecule has 0 radical (unpaired) electrons. The molecule has 2 rings (SSSR count). The first-order chi connectivity index (χ1) is 9.78. The highest BCUT2D eigenvalue weighted by Crippen LogP contribution is 2.31. The highest BCUT2D eigenvalue weighted by Gasteiger charge is 2.31. The van der Waals surface area contributed by atoms with Gasteiger partial charge in [0.2, 0.25) is 0 Å². The highest BCUT2D eigenvalue weighted by atomic mass is 32.1. The molecule has 0 saturated heterocycles. The molecular weight excluding hydrogens is 297 g/mol. The number of thiocarbonyl (C=S) groups is 1. The topological polar surface area (TPSA) is 24.1 Å². The van der Waals surface area contributed by atoms with Gasteiger partial charge in [-0.05, 0) is 50.2 Å². The van der Waals surface area contributed by atoms with E-state index in [0.717, 1.165) is 37.8 Å². The van der Waals surface area contributed by atoms with Gasteiger partial charge in [-0.25, -0.2) is 0 Å². The largest absolute Gasteiger partial charge is 0.416 e. The Bertz CT molecular complexity index is 508. The first-order valence-corrected chi connectivity index (χ1v) is 7.46. The Labute approximate surface area is 128 Å².